The topological polar surface area (TPSA) is 75.9 Å². The second kappa shape index (κ2) is 6.51. The second-order valence-corrected chi connectivity index (χ2v) is 7.93. The van der Waals surface area contributed by atoms with Crippen LogP contribution < -0.4 is 5.32 Å². The van der Waals surface area contributed by atoms with Crippen molar-refractivity contribution in [2.24, 2.45) is 5.92 Å². The number of piperidine rings is 1. The van der Waals surface area contributed by atoms with Gasteiger partial charge in [-0.3, -0.25) is 0 Å². The fraction of sp³-hybridized carbons (Fsp3) is 0.625. The van der Waals surface area contributed by atoms with Crippen molar-refractivity contribution in [1.29, 1.82) is 0 Å². The van der Waals surface area contributed by atoms with Gasteiger partial charge >= 0.3 is 6.03 Å². The first kappa shape index (κ1) is 15.6. The van der Waals surface area contributed by atoms with Gasteiger partial charge in [0.2, 0.25) is 0 Å². The van der Waals surface area contributed by atoms with Crippen LogP contribution in [0.3, 0.4) is 0 Å². The lowest BCUT2D eigenvalue weighted by atomic mass is 10.1. The number of nitrogens with one attached hydrogen (secondary N) is 1. The first-order valence-electron chi connectivity index (χ1n) is 8.52. The van der Waals surface area contributed by atoms with E-state index in [1.807, 2.05) is 15.8 Å². The zero-order chi connectivity index (χ0) is 16.5. The molecule has 2 aliphatic rings. The number of thiazole rings is 1. The molecule has 1 atom stereocenters. The number of hydrogen-bond acceptors (Lipinski definition) is 5. The number of rotatable bonds is 4. The summed E-state index contributed by atoms with van der Waals surface area (Å²) < 4.78 is 1.90. The predicted molar refractivity (Wildman–Crippen MR) is 90.7 cm³/mol. The van der Waals surface area contributed by atoms with Gasteiger partial charge in [0.1, 0.15) is 17.7 Å². The van der Waals surface area contributed by atoms with E-state index in [9.17, 15) is 4.79 Å². The van der Waals surface area contributed by atoms with Gasteiger partial charge in [-0.2, -0.15) is 5.10 Å². The molecule has 1 saturated carbocycles. The van der Waals surface area contributed by atoms with Crippen LogP contribution in [0.5, 0.6) is 0 Å². The lowest BCUT2D eigenvalue weighted by Gasteiger charge is -2.33. The Hall–Kier alpha value is -1.96. The molecule has 1 aliphatic heterocycles. The first-order valence-corrected chi connectivity index (χ1v) is 9.34. The monoisotopic (exact) mass is 346 g/mol. The second-order valence-electron chi connectivity index (χ2n) is 6.67. The van der Waals surface area contributed by atoms with Crippen molar-refractivity contribution in [2.75, 3.05) is 13.1 Å². The number of amides is 2. The molecule has 1 saturated heterocycles. The summed E-state index contributed by atoms with van der Waals surface area (Å²) in [5.74, 6) is 0.548. The van der Waals surface area contributed by atoms with E-state index in [1.54, 1.807) is 24.0 Å². The molecule has 0 aromatic carbocycles. The molecule has 0 radical (unpaired) electrons. The Labute approximate surface area is 145 Å². The fourth-order valence-corrected chi connectivity index (χ4v) is 4.21. The summed E-state index contributed by atoms with van der Waals surface area (Å²) in [5.41, 5.74) is 0. The van der Waals surface area contributed by atoms with Gasteiger partial charge in [0.05, 0.1) is 12.1 Å². The third-order valence-electron chi connectivity index (χ3n) is 4.84. The van der Waals surface area contributed by atoms with Gasteiger partial charge < -0.3 is 10.2 Å². The molecule has 2 amide bonds. The van der Waals surface area contributed by atoms with Gasteiger partial charge in [-0.1, -0.05) is 0 Å². The molecule has 2 aromatic rings. The van der Waals surface area contributed by atoms with Gasteiger partial charge in [-0.25, -0.2) is 19.4 Å². The Kier molecular flexibility index (Phi) is 4.22. The number of carbonyl (C=O) groups excluding carboxylic acids is 1. The molecule has 1 N–H and O–H groups in total. The molecule has 0 unspecified atom stereocenters. The Bertz CT molecular complexity index is 687. The molecule has 2 aromatic heterocycles. The molecule has 3 heterocycles. The van der Waals surface area contributed by atoms with Gasteiger partial charge in [0.15, 0.2) is 0 Å². The van der Waals surface area contributed by atoms with Crippen LogP contribution in [0, 0.1) is 12.8 Å². The number of urea groups is 1. The zero-order valence-corrected chi connectivity index (χ0v) is 14.6. The minimum absolute atomic E-state index is 0.0387. The standard InChI is InChI=1S/C16H22N6OS/c1-11-8-18-15(24-11)14(12-2-3-12)20-16(23)21-6-4-13(5-7-21)22-10-17-9-19-22/h8-10,12-14H,2-7H2,1H3,(H,20,23)/t14-/m0/s1. The van der Waals surface area contributed by atoms with Crippen LogP contribution in [-0.2, 0) is 0 Å². The molecule has 4 rings (SSSR count). The number of aryl methyl sites for hydroxylation is 1. The van der Waals surface area contributed by atoms with E-state index in [1.165, 1.54) is 17.7 Å². The van der Waals surface area contributed by atoms with Crippen LogP contribution in [0.25, 0.3) is 0 Å². The smallest absolute Gasteiger partial charge is 0.317 e. The van der Waals surface area contributed by atoms with Crippen LogP contribution in [-0.4, -0.2) is 43.8 Å². The molecular weight excluding hydrogens is 324 g/mol. The minimum atomic E-state index is 0.0387. The highest BCUT2D eigenvalue weighted by molar-refractivity contribution is 7.11. The molecule has 0 spiro atoms. The van der Waals surface area contributed by atoms with E-state index < -0.39 is 0 Å². The Morgan fingerprint density at radius 1 is 1.33 bits per heavy atom. The van der Waals surface area contributed by atoms with Crippen molar-refractivity contribution >= 4 is 17.4 Å². The zero-order valence-electron chi connectivity index (χ0n) is 13.8. The number of likely N-dealkylation sites (tertiary alicyclic amines) is 1. The number of aromatic nitrogens is 4. The van der Waals surface area contributed by atoms with Crippen molar-refractivity contribution in [3.05, 3.63) is 28.7 Å². The average molecular weight is 346 g/mol. The van der Waals surface area contributed by atoms with Gasteiger partial charge in [-0.05, 0) is 38.5 Å². The molecular formula is C16H22N6OS. The van der Waals surface area contributed by atoms with Crippen LogP contribution in [0.4, 0.5) is 4.79 Å². The Balaban J connectivity index is 1.36. The van der Waals surface area contributed by atoms with Crippen LogP contribution in [0.15, 0.2) is 18.9 Å². The highest BCUT2D eigenvalue weighted by Gasteiger charge is 2.36. The summed E-state index contributed by atoms with van der Waals surface area (Å²) in [6, 6.07) is 0.457. The summed E-state index contributed by atoms with van der Waals surface area (Å²) >= 11 is 1.69. The lowest BCUT2D eigenvalue weighted by Crippen LogP contribution is -2.46. The predicted octanol–water partition coefficient (Wildman–Crippen LogP) is 2.54. The summed E-state index contributed by atoms with van der Waals surface area (Å²) in [7, 11) is 0. The normalized spacial score (nSPS) is 20.1. The molecule has 0 bridgehead atoms. The molecule has 8 heteroatoms. The number of hydrogen-bond donors (Lipinski definition) is 1. The molecule has 7 nitrogen and oxygen atoms in total. The SMILES string of the molecule is Cc1cnc([C@@H](NC(=O)N2CCC(n3cncn3)CC2)C2CC2)s1. The summed E-state index contributed by atoms with van der Waals surface area (Å²) in [6.45, 7) is 3.57. The Morgan fingerprint density at radius 2 is 2.12 bits per heavy atom. The van der Waals surface area contributed by atoms with Gasteiger partial charge in [0.25, 0.3) is 0 Å². The van der Waals surface area contributed by atoms with Crippen molar-refractivity contribution in [1.82, 2.24) is 30.0 Å². The summed E-state index contributed by atoms with van der Waals surface area (Å²) in [6.07, 6.45) is 9.41. The van der Waals surface area contributed by atoms with Crippen LogP contribution in [0.1, 0.15) is 47.7 Å². The molecule has 2 fully saturated rings. The number of carbonyl (C=O) groups is 1. The fourth-order valence-electron chi connectivity index (χ4n) is 3.29. The summed E-state index contributed by atoms with van der Waals surface area (Å²) in [5, 5.41) is 8.48. The molecule has 24 heavy (non-hydrogen) atoms. The van der Waals surface area contributed by atoms with Crippen molar-refractivity contribution in [3.8, 4) is 0 Å². The van der Waals surface area contributed by atoms with E-state index in [0.717, 1.165) is 30.9 Å². The Morgan fingerprint density at radius 3 is 2.71 bits per heavy atom. The first-order chi connectivity index (χ1) is 11.7. The number of nitrogens with zero attached hydrogens (tertiary/aromatic N) is 5. The van der Waals surface area contributed by atoms with E-state index in [4.69, 9.17) is 0 Å². The van der Waals surface area contributed by atoms with Crippen molar-refractivity contribution < 1.29 is 4.79 Å². The molecule has 1 aliphatic carbocycles. The average Bonchev–Trinajstić information content (AvgIpc) is 3.10. The van der Waals surface area contributed by atoms with E-state index in [-0.39, 0.29) is 12.1 Å². The minimum Gasteiger partial charge on any atom is -0.328 e. The third-order valence-corrected chi connectivity index (χ3v) is 5.84. The highest BCUT2D eigenvalue weighted by Crippen LogP contribution is 2.42. The van der Waals surface area contributed by atoms with Crippen molar-refractivity contribution in [2.45, 2.75) is 44.7 Å². The van der Waals surface area contributed by atoms with Crippen molar-refractivity contribution in [3.63, 3.8) is 0 Å². The van der Waals surface area contributed by atoms with E-state index in [2.05, 4.69) is 27.3 Å². The quantitative estimate of drug-likeness (QED) is 0.923. The highest BCUT2D eigenvalue weighted by atomic mass is 32.1. The third kappa shape index (κ3) is 3.28. The maximum atomic E-state index is 12.7. The maximum Gasteiger partial charge on any atom is 0.317 e. The lowest BCUT2D eigenvalue weighted by molar-refractivity contribution is 0.164. The summed E-state index contributed by atoms with van der Waals surface area (Å²) in [4.78, 5) is 24.3. The van der Waals surface area contributed by atoms with Crippen LogP contribution in [0.2, 0.25) is 0 Å². The van der Waals surface area contributed by atoms with Gasteiger partial charge in [-0.15, -0.1) is 11.3 Å². The molecule has 128 valence electrons. The van der Waals surface area contributed by atoms with E-state index in [0.29, 0.717) is 12.0 Å². The maximum absolute atomic E-state index is 12.7. The van der Waals surface area contributed by atoms with E-state index >= 15 is 0 Å². The van der Waals surface area contributed by atoms with Gasteiger partial charge in [0, 0.05) is 24.2 Å². The van der Waals surface area contributed by atoms with Crippen LogP contribution >= 0.6 is 11.3 Å². The largest absolute Gasteiger partial charge is 0.328 e.